The fraction of sp³-hybridized carbons (Fsp3) is 0.308. The van der Waals surface area contributed by atoms with E-state index in [-0.39, 0.29) is 0 Å². The van der Waals surface area contributed by atoms with Crippen LogP contribution in [0.4, 0.5) is 0 Å². The van der Waals surface area contributed by atoms with E-state index < -0.39 is 0 Å². The van der Waals surface area contributed by atoms with Crippen LogP contribution in [0, 0.1) is 6.92 Å². The molecule has 0 bridgehead atoms. The molecule has 2 aromatic rings. The van der Waals surface area contributed by atoms with Gasteiger partial charge in [-0.15, -0.1) is 11.3 Å². The summed E-state index contributed by atoms with van der Waals surface area (Å²) >= 11 is 7.65. The van der Waals surface area contributed by atoms with Gasteiger partial charge in [-0.3, -0.25) is 0 Å². The van der Waals surface area contributed by atoms with Crippen molar-refractivity contribution in [1.29, 1.82) is 0 Å². The van der Waals surface area contributed by atoms with Crippen molar-refractivity contribution >= 4 is 22.9 Å². The molecule has 0 aliphatic carbocycles. The second-order valence-corrected chi connectivity index (χ2v) is 5.30. The third-order valence-corrected chi connectivity index (χ3v) is 3.86. The fourth-order valence-electron chi connectivity index (χ4n) is 1.69. The third kappa shape index (κ3) is 3.22. The highest BCUT2D eigenvalue weighted by atomic mass is 35.5. The molecule has 0 saturated carbocycles. The Kier molecular flexibility index (Phi) is 4.58. The quantitative estimate of drug-likeness (QED) is 0.913. The maximum absolute atomic E-state index is 5.99. The van der Waals surface area contributed by atoms with Crippen LogP contribution in [-0.4, -0.2) is 12.1 Å². The molecule has 18 heavy (non-hydrogen) atoms. The van der Waals surface area contributed by atoms with Crippen LogP contribution >= 0.6 is 22.9 Å². The number of aromatic nitrogens is 1. The number of ether oxygens (including phenoxy) is 1. The van der Waals surface area contributed by atoms with Crippen molar-refractivity contribution in [2.45, 2.75) is 20.0 Å². The first-order valence-electron chi connectivity index (χ1n) is 5.63. The summed E-state index contributed by atoms with van der Waals surface area (Å²) in [6.07, 6.45) is 0. The van der Waals surface area contributed by atoms with Crippen LogP contribution in [0.5, 0.6) is 5.75 Å². The summed E-state index contributed by atoms with van der Waals surface area (Å²) in [5.74, 6) is 0.855. The predicted molar refractivity (Wildman–Crippen MR) is 75.4 cm³/mol. The number of nitrogens with one attached hydrogen (secondary N) is 1. The van der Waals surface area contributed by atoms with Crippen molar-refractivity contribution < 1.29 is 4.74 Å². The number of halogens is 1. The van der Waals surface area contributed by atoms with Crippen LogP contribution < -0.4 is 10.1 Å². The van der Waals surface area contributed by atoms with Crippen molar-refractivity contribution in [1.82, 2.24) is 10.3 Å². The lowest BCUT2D eigenvalue weighted by molar-refractivity contribution is 0.407. The second kappa shape index (κ2) is 6.18. The van der Waals surface area contributed by atoms with Crippen LogP contribution in [0.2, 0.25) is 5.02 Å². The van der Waals surface area contributed by atoms with Gasteiger partial charge in [0.1, 0.15) is 5.75 Å². The monoisotopic (exact) mass is 282 g/mol. The van der Waals surface area contributed by atoms with E-state index >= 15 is 0 Å². The van der Waals surface area contributed by atoms with E-state index in [9.17, 15) is 0 Å². The molecule has 3 nitrogen and oxygen atoms in total. The van der Waals surface area contributed by atoms with Crippen LogP contribution in [0.15, 0.2) is 23.7 Å². The van der Waals surface area contributed by atoms with E-state index in [0.29, 0.717) is 0 Å². The highest BCUT2D eigenvalue weighted by molar-refractivity contribution is 7.09. The van der Waals surface area contributed by atoms with E-state index in [1.54, 1.807) is 18.4 Å². The van der Waals surface area contributed by atoms with E-state index in [1.165, 1.54) is 4.88 Å². The van der Waals surface area contributed by atoms with Gasteiger partial charge in [0, 0.05) is 28.6 Å². The topological polar surface area (TPSA) is 34.1 Å². The van der Waals surface area contributed by atoms with Crippen molar-refractivity contribution in [3.63, 3.8) is 0 Å². The van der Waals surface area contributed by atoms with Gasteiger partial charge in [0.25, 0.3) is 0 Å². The largest absolute Gasteiger partial charge is 0.496 e. The van der Waals surface area contributed by atoms with Gasteiger partial charge in [-0.25, -0.2) is 4.98 Å². The second-order valence-electron chi connectivity index (χ2n) is 3.92. The van der Waals surface area contributed by atoms with Gasteiger partial charge in [-0.05, 0) is 25.1 Å². The summed E-state index contributed by atoms with van der Waals surface area (Å²) in [6, 6.07) is 5.64. The molecule has 2 rings (SSSR count). The Bertz CT molecular complexity index is 527. The number of nitrogens with zero attached hydrogens (tertiary/aromatic N) is 1. The lowest BCUT2D eigenvalue weighted by Crippen LogP contribution is -2.13. The summed E-state index contributed by atoms with van der Waals surface area (Å²) in [4.78, 5) is 5.48. The summed E-state index contributed by atoms with van der Waals surface area (Å²) in [6.45, 7) is 3.56. The number of hydrogen-bond donors (Lipinski definition) is 1. The normalized spacial score (nSPS) is 10.6. The molecule has 0 fully saturated rings. The van der Waals surface area contributed by atoms with Gasteiger partial charge in [0.2, 0.25) is 0 Å². The lowest BCUT2D eigenvalue weighted by atomic mass is 10.2. The third-order valence-electron chi connectivity index (χ3n) is 2.69. The minimum Gasteiger partial charge on any atom is -0.496 e. The molecule has 0 aliphatic rings. The summed E-state index contributed by atoms with van der Waals surface area (Å²) in [7, 11) is 1.67. The molecule has 0 spiro atoms. The first-order valence-corrected chi connectivity index (χ1v) is 6.88. The summed E-state index contributed by atoms with van der Waals surface area (Å²) in [5.41, 5.74) is 4.02. The van der Waals surface area contributed by atoms with Crippen LogP contribution in [0.1, 0.15) is 16.1 Å². The van der Waals surface area contributed by atoms with Gasteiger partial charge in [0.15, 0.2) is 0 Å². The maximum atomic E-state index is 5.99. The minimum atomic E-state index is 0.723. The molecule has 0 unspecified atom stereocenters. The van der Waals surface area contributed by atoms with Gasteiger partial charge >= 0.3 is 0 Å². The molecular formula is C13H15ClN2OS. The Morgan fingerprint density at radius 1 is 1.39 bits per heavy atom. The van der Waals surface area contributed by atoms with Crippen LogP contribution in [0.3, 0.4) is 0 Å². The molecule has 0 saturated heterocycles. The van der Waals surface area contributed by atoms with Gasteiger partial charge in [0.05, 0.1) is 18.3 Å². The predicted octanol–water partition coefficient (Wildman–Crippen LogP) is 3.40. The molecule has 0 aliphatic heterocycles. The minimum absolute atomic E-state index is 0.723. The average Bonchev–Trinajstić information content (AvgIpc) is 2.76. The highest BCUT2D eigenvalue weighted by Crippen LogP contribution is 2.22. The first kappa shape index (κ1) is 13.3. The molecule has 1 aromatic carbocycles. The smallest absolute Gasteiger partial charge is 0.123 e. The van der Waals surface area contributed by atoms with Gasteiger partial charge in [-0.2, -0.15) is 0 Å². The number of aryl methyl sites for hydroxylation is 1. The number of thiazole rings is 1. The molecule has 96 valence electrons. The van der Waals surface area contributed by atoms with Gasteiger partial charge in [-0.1, -0.05) is 11.6 Å². The molecular weight excluding hydrogens is 268 g/mol. The van der Waals surface area contributed by atoms with E-state index in [0.717, 1.165) is 35.1 Å². The lowest BCUT2D eigenvalue weighted by Gasteiger charge is -2.09. The average molecular weight is 283 g/mol. The highest BCUT2D eigenvalue weighted by Gasteiger charge is 2.05. The Morgan fingerprint density at radius 3 is 2.89 bits per heavy atom. The zero-order chi connectivity index (χ0) is 13.0. The van der Waals surface area contributed by atoms with E-state index in [1.807, 2.05) is 30.6 Å². The van der Waals surface area contributed by atoms with Crippen molar-refractivity contribution in [2.24, 2.45) is 0 Å². The number of benzene rings is 1. The number of rotatable bonds is 5. The SMILES string of the molecule is COc1ccc(Cl)cc1CNCc1scnc1C. The van der Waals surface area contributed by atoms with E-state index in [4.69, 9.17) is 16.3 Å². The zero-order valence-corrected chi connectivity index (χ0v) is 11.9. The van der Waals surface area contributed by atoms with Crippen molar-refractivity contribution in [2.75, 3.05) is 7.11 Å². The molecule has 5 heteroatoms. The van der Waals surface area contributed by atoms with Crippen LogP contribution in [0.25, 0.3) is 0 Å². The Balaban J connectivity index is 1.98. The maximum Gasteiger partial charge on any atom is 0.123 e. The number of hydrogen-bond acceptors (Lipinski definition) is 4. The van der Waals surface area contributed by atoms with Crippen molar-refractivity contribution in [3.05, 3.63) is 44.9 Å². The number of methoxy groups -OCH3 is 1. The summed E-state index contributed by atoms with van der Waals surface area (Å²) < 4.78 is 5.30. The molecule has 0 atom stereocenters. The molecule has 0 radical (unpaired) electrons. The van der Waals surface area contributed by atoms with Crippen molar-refractivity contribution in [3.8, 4) is 5.75 Å². The standard InChI is InChI=1S/C13H15ClN2OS/c1-9-13(18-8-16-9)7-15-6-10-5-11(14)3-4-12(10)17-2/h3-5,8,15H,6-7H2,1-2H3. The van der Waals surface area contributed by atoms with E-state index in [2.05, 4.69) is 10.3 Å². The molecule has 1 aromatic heterocycles. The molecule has 0 amide bonds. The Morgan fingerprint density at radius 2 is 2.22 bits per heavy atom. The van der Waals surface area contributed by atoms with Crippen LogP contribution in [-0.2, 0) is 13.1 Å². The van der Waals surface area contributed by atoms with Gasteiger partial charge < -0.3 is 10.1 Å². The Hall–Kier alpha value is -1.10. The Labute approximate surface area is 116 Å². The molecule has 1 heterocycles. The first-order chi connectivity index (χ1) is 8.70. The molecule has 1 N–H and O–H groups in total. The zero-order valence-electron chi connectivity index (χ0n) is 10.4. The fourth-order valence-corrected chi connectivity index (χ4v) is 2.63. The summed E-state index contributed by atoms with van der Waals surface area (Å²) in [5, 5.41) is 4.10.